The summed E-state index contributed by atoms with van der Waals surface area (Å²) in [5.74, 6) is 1.26. The van der Waals surface area contributed by atoms with Crippen molar-refractivity contribution in [2.45, 2.75) is 19.4 Å². The Bertz CT molecular complexity index is 566. The molecule has 0 spiro atoms. The molecule has 0 aliphatic heterocycles. The number of aryl methyl sites for hydroxylation is 1. The number of rotatable bonds is 5. The van der Waals surface area contributed by atoms with E-state index in [4.69, 9.17) is 9.47 Å². The third-order valence-electron chi connectivity index (χ3n) is 3.18. The van der Waals surface area contributed by atoms with Gasteiger partial charge in [0.1, 0.15) is 5.75 Å². The van der Waals surface area contributed by atoms with Gasteiger partial charge in [0, 0.05) is 24.2 Å². The molecule has 0 radical (unpaired) electrons. The summed E-state index contributed by atoms with van der Waals surface area (Å²) in [6.07, 6.45) is 1.57. The van der Waals surface area contributed by atoms with Crippen molar-refractivity contribution in [1.82, 2.24) is 4.98 Å². The van der Waals surface area contributed by atoms with Crippen LogP contribution < -0.4 is 9.47 Å². The van der Waals surface area contributed by atoms with Crippen LogP contribution >= 0.6 is 0 Å². The number of hydrogen-bond donors (Lipinski definition) is 1. The minimum atomic E-state index is -0.625. The van der Waals surface area contributed by atoms with Crippen LogP contribution in [0.5, 0.6) is 11.6 Å². The molecule has 1 aromatic carbocycles. The molecule has 1 unspecified atom stereocenters. The average Bonchev–Trinajstić information content (AvgIpc) is 2.48. The number of aliphatic hydroxyl groups is 1. The van der Waals surface area contributed by atoms with Gasteiger partial charge in [0.05, 0.1) is 20.3 Å². The van der Waals surface area contributed by atoms with Crippen molar-refractivity contribution in [3.05, 3.63) is 53.2 Å². The molecule has 1 N–H and O–H groups in total. The molecule has 0 aliphatic rings. The lowest BCUT2D eigenvalue weighted by atomic mass is 10.00. The van der Waals surface area contributed by atoms with Crippen LogP contribution in [0, 0.1) is 6.92 Å². The lowest BCUT2D eigenvalue weighted by molar-refractivity contribution is 0.174. The maximum Gasteiger partial charge on any atom is 0.212 e. The summed E-state index contributed by atoms with van der Waals surface area (Å²) in [7, 11) is 3.18. The molecule has 4 heteroatoms. The Labute approximate surface area is 119 Å². The standard InChI is InChI=1S/C16H19NO3/c1-11-4-6-15(19-2)13(8-11)14(18)9-12-5-7-16(20-3)17-10-12/h4-8,10,14,18H,9H2,1-3H3. The van der Waals surface area contributed by atoms with Gasteiger partial charge in [-0.1, -0.05) is 17.7 Å². The van der Waals surface area contributed by atoms with E-state index in [1.165, 1.54) is 0 Å². The summed E-state index contributed by atoms with van der Waals surface area (Å²) >= 11 is 0. The van der Waals surface area contributed by atoms with Gasteiger partial charge in [-0.3, -0.25) is 0 Å². The average molecular weight is 273 g/mol. The predicted molar refractivity (Wildman–Crippen MR) is 77.2 cm³/mol. The van der Waals surface area contributed by atoms with Crippen LogP contribution in [0.15, 0.2) is 36.5 Å². The molecule has 0 bridgehead atoms. The first-order chi connectivity index (χ1) is 9.63. The molecule has 20 heavy (non-hydrogen) atoms. The number of benzene rings is 1. The van der Waals surface area contributed by atoms with Gasteiger partial charge in [-0.2, -0.15) is 0 Å². The molecular weight excluding hydrogens is 254 g/mol. The molecule has 0 saturated carbocycles. The van der Waals surface area contributed by atoms with E-state index in [0.717, 1.165) is 16.7 Å². The van der Waals surface area contributed by atoms with E-state index >= 15 is 0 Å². The molecule has 0 fully saturated rings. The lowest BCUT2D eigenvalue weighted by Gasteiger charge is -2.15. The Morgan fingerprint density at radius 1 is 1.15 bits per heavy atom. The molecular formula is C16H19NO3. The van der Waals surface area contributed by atoms with Gasteiger partial charge in [-0.05, 0) is 24.6 Å². The van der Waals surface area contributed by atoms with Crippen molar-refractivity contribution in [2.24, 2.45) is 0 Å². The highest BCUT2D eigenvalue weighted by Crippen LogP contribution is 2.28. The Morgan fingerprint density at radius 3 is 2.55 bits per heavy atom. The molecule has 106 valence electrons. The maximum absolute atomic E-state index is 10.4. The first-order valence-electron chi connectivity index (χ1n) is 6.45. The molecule has 2 aromatic rings. The minimum Gasteiger partial charge on any atom is -0.496 e. The number of methoxy groups -OCH3 is 2. The quantitative estimate of drug-likeness (QED) is 0.910. The van der Waals surface area contributed by atoms with Crippen LogP contribution in [0.1, 0.15) is 22.8 Å². The largest absolute Gasteiger partial charge is 0.496 e. The van der Waals surface area contributed by atoms with Gasteiger partial charge in [-0.15, -0.1) is 0 Å². The van der Waals surface area contributed by atoms with Crippen LogP contribution in [0.3, 0.4) is 0 Å². The van der Waals surface area contributed by atoms with E-state index in [1.54, 1.807) is 26.5 Å². The molecule has 0 amide bonds. The first-order valence-corrected chi connectivity index (χ1v) is 6.45. The Kier molecular flexibility index (Phi) is 4.58. The second-order valence-electron chi connectivity index (χ2n) is 4.67. The van der Waals surface area contributed by atoms with Crippen LogP contribution in [0.25, 0.3) is 0 Å². The third kappa shape index (κ3) is 3.27. The molecule has 4 nitrogen and oxygen atoms in total. The number of pyridine rings is 1. The highest BCUT2D eigenvalue weighted by atomic mass is 16.5. The second-order valence-corrected chi connectivity index (χ2v) is 4.67. The fourth-order valence-corrected chi connectivity index (χ4v) is 2.10. The van der Waals surface area contributed by atoms with Crippen LogP contribution in [-0.2, 0) is 6.42 Å². The van der Waals surface area contributed by atoms with Crippen LogP contribution in [0.4, 0.5) is 0 Å². The number of aromatic nitrogens is 1. The fraction of sp³-hybridized carbons (Fsp3) is 0.312. The van der Waals surface area contributed by atoms with Crippen LogP contribution in [-0.4, -0.2) is 24.3 Å². The molecule has 1 heterocycles. The zero-order valence-corrected chi connectivity index (χ0v) is 12.0. The van der Waals surface area contributed by atoms with Crippen molar-refractivity contribution in [2.75, 3.05) is 14.2 Å². The number of aliphatic hydroxyl groups excluding tert-OH is 1. The highest BCUT2D eigenvalue weighted by molar-refractivity contribution is 5.39. The van der Waals surface area contributed by atoms with E-state index in [2.05, 4.69) is 4.98 Å². The van der Waals surface area contributed by atoms with E-state index in [0.29, 0.717) is 18.1 Å². The third-order valence-corrected chi connectivity index (χ3v) is 3.18. The van der Waals surface area contributed by atoms with Gasteiger partial charge in [0.15, 0.2) is 0 Å². The van der Waals surface area contributed by atoms with E-state index in [-0.39, 0.29) is 0 Å². The Hall–Kier alpha value is -2.07. The van der Waals surface area contributed by atoms with Crippen LogP contribution in [0.2, 0.25) is 0 Å². The molecule has 1 aromatic heterocycles. The Morgan fingerprint density at radius 2 is 1.95 bits per heavy atom. The van der Waals surface area contributed by atoms with E-state index in [1.807, 2.05) is 31.2 Å². The zero-order valence-electron chi connectivity index (χ0n) is 12.0. The van der Waals surface area contributed by atoms with Crippen molar-refractivity contribution in [1.29, 1.82) is 0 Å². The van der Waals surface area contributed by atoms with E-state index < -0.39 is 6.10 Å². The number of nitrogens with zero attached hydrogens (tertiary/aromatic N) is 1. The van der Waals surface area contributed by atoms with Crippen molar-refractivity contribution >= 4 is 0 Å². The molecule has 0 saturated heterocycles. The molecule has 2 rings (SSSR count). The second kappa shape index (κ2) is 6.39. The number of hydrogen-bond acceptors (Lipinski definition) is 4. The SMILES string of the molecule is COc1ccc(CC(O)c2cc(C)ccc2OC)cn1. The first kappa shape index (κ1) is 14.3. The zero-order chi connectivity index (χ0) is 14.5. The summed E-state index contributed by atoms with van der Waals surface area (Å²) in [5.41, 5.74) is 2.83. The van der Waals surface area contributed by atoms with Gasteiger partial charge in [0.25, 0.3) is 0 Å². The predicted octanol–water partition coefficient (Wildman–Crippen LogP) is 2.68. The number of ether oxygens (including phenoxy) is 2. The van der Waals surface area contributed by atoms with E-state index in [9.17, 15) is 5.11 Å². The summed E-state index contributed by atoms with van der Waals surface area (Å²) in [6.45, 7) is 1.99. The maximum atomic E-state index is 10.4. The van der Waals surface area contributed by atoms with Crippen molar-refractivity contribution in [3.63, 3.8) is 0 Å². The monoisotopic (exact) mass is 273 g/mol. The van der Waals surface area contributed by atoms with Gasteiger partial charge < -0.3 is 14.6 Å². The minimum absolute atomic E-state index is 0.483. The normalized spacial score (nSPS) is 12.0. The Balaban J connectivity index is 2.18. The van der Waals surface area contributed by atoms with Gasteiger partial charge >= 0.3 is 0 Å². The smallest absolute Gasteiger partial charge is 0.212 e. The summed E-state index contributed by atoms with van der Waals surface area (Å²) in [5, 5.41) is 10.4. The lowest BCUT2D eigenvalue weighted by Crippen LogP contribution is -2.05. The van der Waals surface area contributed by atoms with Gasteiger partial charge in [-0.25, -0.2) is 4.98 Å². The highest BCUT2D eigenvalue weighted by Gasteiger charge is 2.14. The molecule has 1 atom stereocenters. The summed E-state index contributed by atoms with van der Waals surface area (Å²) < 4.78 is 10.3. The summed E-state index contributed by atoms with van der Waals surface area (Å²) in [6, 6.07) is 9.47. The fourth-order valence-electron chi connectivity index (χ4n) is 2.10. The van der Waals surface area contributed by atoms with Crippen molar-refractivity contribution in [3.8, 4) is 11.6 Å². The molecule has 0 aliphatic carbocycles. The summed E-state index contributed by atoms with van der Waals surface area (Å²) in [4.78, 5) is 4.14. The van der Waals surface area contributed by atoms with Crippen molar-refractivity contribution < 1.29 is 14.6 Å². The topological polar surface area (TPSA) is 51.6 Å². The van der Waals surface area contributed by atoms with Gasteiger partial charge in [0.2, 0.25) is 5.88 Å².